The zero-order valence-corrected chi connectivity index (χ0v) is 15.0. The molecule has 0 aromatic carbocycles. The first kappa shape index (κ1) is 19.5. The fraction of sp³-hybridized carbons (Fsp3) is 0.632. The van der Waals surface area contributed by atoms with Crippen LogP contribution in [0.15, 0.2) is 35.6 Å². The zero-order chi connectivity index (χ0) is 17.5. The summed E-state index contributed by atoms with van der Waals surface area (Å²) < 4.78 is 10.9. The van der Waals surface area contributed by atoms with Gasteiger partial charge >= 0.3 is 5.97 Å². The highest BCUT2D eigenvalue weighted by Gasteiger charge is 2.37. The molecule has 0 aromatic heterocycles. The van der Waals surface area contributed by atoms with E-state index in [0.717, 1.165) is 31.3 Å². The number of carbonyl (C=O) groups excluding carboxylic acids is 1. The summed E-state index contributed by atoms with van der Waals surface area (Å²) in [6, 6.07) is 0. The smallest absolute Gasteiger partial charge is 0.334 e. The molecule has 3 atom stereocenters. The molecule has 23 heavy (non-hydrogen) atoms. The topological polar surface area (TPSA) is 55.8 Å². The van der Waals surface area contributed by atoms with Crippen LogP contribution in [0.25, 0.3) is 0 Å². The van der Waals surface area contributed by atoms with Gasteiger partial charge in [0.1, 0.15) is 11.4 Å². The third kappa shape index (κ3) is 5.54. The number of methoxy groups -OCH3 is 1. The first-order valence-electron chi connectivity index (χ1n) is 8.46. The number of hydrogen-bond donors (Lipinski definition) is 1. The van der Waals surface area contributed by atoms with Crippen molar-refractivity contribution in [2.24, 2.45) is 5.92 Å². The molecule has 0 spiro atoms. The maximum Gasteiger partial charge on any atom is 0.334 e. The average Bonchev–Trinajstić information content (AvgIpc) is 2.89. The molecule has 1 heterocycles. The van der Waals surface area contributed by atoms with Crippen LogP contribution in [-0.2, 0) is 14.3 Å². The summed E-state index contributed by atoms with van der Waals surface area (Å²) in [6.07, 6.45) is 10.5. The van der Waals surface area contributed by atoms with Crippen LogP contribution in [0, 0.1) is 5.92 Å². The molecule has 1 rings (SSSR count). The molecule has 0 saturated heterocycles. The van der Waals surface area contributed by atoms with E-state index in [9.17, 15) is 9.90 Å². The van der Waals surface area contributed by atoms with Gasteiger partial charge in [0, 0.05) is 0 Å². The Balaban J connectivity index is 2.99. The SMILES string of the molecule is CCC1=C[C@@](CC)(C[C@H](/C=C/[C@H](C)O)CC)O/C1=C\C(=O)OC. The van der Waals surface area contributed by atoms with E-state index in [1.807, 2.05) is 6.08 Å². The second-order valence-electron chi connectivity index (χ2n) is 6.07. The largest absolute Gasteiger partial charge is 0.483 e. The van der Waals surface area contributed by atoms with Gasteiger partial charge in [0.05, 0.1) is 19.3 Å². The molecular formula is C19H30O4. The summed E-state index contributed by atoms with van der Waals surface area (Å²) in [5, 5.41) is 9.44. The second kappa shape index (κ2) is 8.92. The molecule has 0 bridgehead atoms. The first-order valence-corrected chi connectivity index (χ1v) is 8.46. The Labute approximate surface area is 139 Å². The van der Waals surface area contributed by atoms with Gasteiger partial charge < -0.3 is 14.6 Å². The fourth-order valence-corrected chi connectivity index (χ4v) is 2.80. The highest BCUT2D eigenvalue weighted by atomic mass is 16.5. The minimum Gasteiger partial charge on any atom is -0.483 e. The van der Waals surface area contributed by atoms with E-state index in [4.69, 9.17) is 9.47 Å². The van der Waals surface area contributed by atoms with Crippen LogP contribution in [0.2, 0.25) is 0 Å². The minimum atomic E-state index is -0.442. The molecule has 1 N–H and O–H groups in total. The number of hydrogen-bond acceptors (Lipinski definition) is 4. The van der Waals surface area contributed by atoms with Gasteiger partial charge in [-0.05, 0) is 50.2 Å². The summed E-state index contributed by atoms with van der Waals surface area (Å²) in [7, 11) is 1.37. The number of allylic oxidation sites excluding steroid dienone is 2. The monoisotopic (exact) mass is 322 g/mol. The van der Waals surface area contributed by atoms with Crippen LogP contribution in [0.1, 0.15) is 53.4 Å². The molecule has 1 aliphatic rings. The van der Waals surface area contributed by atoms with Gasteiger partial charge in [-0.3, -0.25) is 0 Å². The van der Waals surface area contributed by atoms with Crippen LogP contribution < -0.4 is 0 Å². The van der Waals surface area contributed by atoms with E-state index >= 15 is 0 Å². The van der Waals surface area contributed by atoms with Crippen LogP contribution in [0.3, 0.4) is 0 Å². The van der Waals surface area contributed by atoms with Gasteiger partial charge in [-0.2, -0.15) is 0 Å². The Morgan fingerprint density at radius 2 is 2.09 bits per heavy atom. The highest BCUT2D eigenvalue weighted by molar-refractivity contribution is 5.83. The van der Waals surface area contributed by atoms with Crippen molar-refractivity contribution < 1.29 is 19.4 Å². The Kier molecular flexibility index (Phi) is 7.56. The van der Waals surface area contributed by atoms with Crippen molar-refractivity contribution in [1.82, 2.24) is 0 Å². The van der Waals surface area contributed by atoms with E-state index < -0.39 is 17.7 Å². The first-order chi connectivity index (χ1) is 10.9. The Bertz CT molecular complexity index is 488. The van der Waals surface area contributed by atoms with Gasteiger partial charge in [-0.1, -0.05) is 32.9 Å². The van der Waals surface area contributed by atoms with E-state index in [1.54, 1.807) is 6.92 Å². The number of esters is 1. The second-order valence-corrected chi connectivity index (χ2v) is 6.07. The Morgan fingerprint density at radius 3 is 2.57 bits per heavy atom. The highest BCUT2D eigenvalue weighted by Crippen LogP contribution is 2.40. The average molecular weight is 322 g/mol. The minimum absolute atomic E-state index is 0.316. The van der Waals surface area contributed by atoms with Crippen LogP contribution in [0.4, 0.5) is 0 Å². The summed E-state index contributed by atoms with van der Waals surface area (Å²) in [4.78, 5) is 11.5. The van der Waals surface area contributed by atoms with Crippen molar-refractivity contribution in [2.75, 3.05) is 7.11 Å². The van der Waals surface area contributed by atoms with Crippen molar-refractivity contribution in [3.05, 3.63) is 35.6 Å². The number of rotatable bonds is 8. The maximum absolute atomic E-state index is 11.5. The third-order valence-electron chi connectivity index (χ3n) is 4.29. The normalized spacial score (nSPS) is 25.3. The Morgan fingerprint density at radius 1 is 1.39 bits per heavy atom. The van der Waals surface area contributed by atoms with Crippen molar-refractivity contribution >= 4 is 5.97 Å². The van der Waals surface area contributed by atoms with Crippen LogP contribution >= 0.6 is 0 Å². The lowest BCUT2D eigenvalue weighted by Crippen LogP contribution is -2.28. The van der Waals surface area contributed by atoms with E-state index in [0.29, 0.717) is 11.7 Å². The lowest BCUT2D eigenvalue weighted by molar-refractivity contribution is -0.135. The molecule has 4 heteroatoms. The van der Waals surface area contributed by atoms with Gasteiger partial charge in [-0.15, -0.1) is 0 Å². The van der Waals surface area contributed by atoms with Crippen molar-refractivity contribution in [1.29, 1.82) is 0 Å². The van der Waals surface area contributed by atoms with Crippen molar-refractivity contribution in [3.8, 4) is 0 Å². The molecule has 0 aromatic rings. The molecule has 130 valence electrons. The molecule has 1 aliphatic heterocycles. The molecule has 0 fully saturated rings. The van der Waals surface area contributed by atoms with Crippen LogP contribution in [-0.4, -0.2) is 29.9 Å². The quantitative estimate of drug-likeness (QED) is 0.418. The van der Waals surface area contributed by atoms with E-state index in [-0.39, 0.29) is 0 Å². The van der Waals surface area contributed by atoms with Crippen molar-refractivity contribution in [3.63, 3.8) is 0 Å². The molecule has 0 amide bonds. The number of carbonyl (C=O) groups is 1. The Hall–Kier alpha value is -1.55. The predicted octanol–water partition coefficient (Wildman–Crippen LogP) is 3.91. The van der Waals surface area contributed by atoms with Gasteiger partial charge in [0.2, 0.25) is 0 Å². The molecule has 0 radical (unpaired) electrons. The van der Waals surface area contributed by atoms with E-state index in [2.05, 4.69) is 32.9 Å². The lowest BCUT2D eigenvalue weighted by atomic mass is 9.86. The molecule has 4 nitrogen and oxygen atoms in total. The standard InChI is InChI=1S/C19H30O4/c1-6-15(10-9-14(4)20)12-19(8-3)13-16(7-2)17(23-19)11-18(21)22-5/h9-11,13-15,20H,6-8,12H2,1-5H3/b10-9+,17-11-/t14-,15-,19+/m0/s1. The molecule has 0 unspecified atom stereocenters. The maximum atomic E-state index is 11.5. The summed E-state index contributed by atoms with van der Waals surface area (Å²) in [5.41, 5.74) is 0.654. The molecule has 0 aliphatic carbocycles. The van der Waals surface area contributed by atoms with Gasteiger partial charge in [0.25, 0.3) is 0 Å². The summed E-state index contributed by atoms with van der Waals surface area (Å²) in [6.45, 7) is 8.02. The fourth-order valence-electron chi connectivity index (χ4n) is 2.80. The van der Waals surface area contributed by atoms with Gasteiger partial charge in [0.15, 0.2) is 0 Å². The number of aliphatic hydroxyl groups excluding tert-OH is 1. The summed E-state index contributed by atoms with van der Waals surface area (Å²) in [5.74, 6) is 0.541. The lowest BCUT2D eigenvalue weighted by Gasteiger charge is -2.29. The van der Waals surface area contributed by atoms with Crippen molar-refractivity contribution in [2.45, 2.75) is 65.1 Å². The zero-order valence-electron chi connectivity index (χ0n) is 15.0. The predicted molar refractivity (Wildman–Crippen MR) is 91.8 cm³/mol. The molecular weight excluding hydrogens is 292 g/mol. The molecule has 0 saturated carbocycles. The summed E-state index contributed by atoms with van der Waals surface area (Å²) >= 11 is 0. The number of aliphatic hydroxyl groups is 1. The van der Waals surface area contributed by atoms with E-state index in [1.165, 1.54) is 13.2 Å². The number of ether oxygens (including phenoxy) is 2. The third-order valence-corrected chi connectivity index (χ3v) is 4.29. The van der Waals surface area contributed by atoms with Crippen LogP contribution in [0.5, 0.6) is 0 Å². The van der Waals surface area contributed by atoms with Gasteiger partial charge in [-0.25, -0.2) is 4.79 Å².